The number of carbonyl (C=O) groups excluding carboxylic acids is 1. The third-order valence-electron chi connectivity index (χ3n) is 2.83. The molecule has 0 radical (unpaired) electrons. The summed E-state index contributed by atoms with van der Waals surface area (Å²) in [6, 6.07) is 5.97. The number of aliphatic hydroxyl groups excluding tert-OH is 1. The van der Waals surface area contributed by atoms with Crippen molar-refractivity contribution in [3.8, 4) is 0 Å². The van der Waals surface area contributed by atoms with Crippen LogP contribution in [0.5, 0.6) is 0 Å². The number of hydrogen-bond acceptors (Lipinski definition) is 2. The van der Waals surface area contributed by atoms with E-state index in [2.05, 4.69) is 5.32 Å². The van der Waals surface area contributed by atoms with Crippen molar-refractivity contribution in [1.82, 2.24) is 5.32 Å². The predicted octanol–water partition coefficient (Wildman–Crippen LogP) is 2.12. The van der Waals surface area contributed by atoms with Crippen LogP contribution in [0.4, 0.5) is 4.39 Å². The number of hydrogen-bond donors (Lipinski definition) is 2. The molecule has 1 atom stereocenters. The van der Waals surface area contributed by atoms with Gasteiger partial charge in [-0.25, -0.2) is 4.39 Å². The molecule has 0 saturated carbocycles. The minimum Gasteiger partial charge on any atom is -0.394 e. The van der Waals surface area contributed by atoms with Crippen LogP contribution >= 0.6 is 0 Å². The van der Waals surface area contributed by atoms with Gasteiger partial charge in [0.25, 0.3) is 0 Å². The number of amides is 1. The first-order valence-corrected chi connectivity index (χ1v) is 5.86. The molecule has 98 valence electrons. The van der Waals surface area contributed by atoms with Crippen molar-refractivity contribution in [2.75, 3.05) is 6.61 Å². The lowest BCUT2D eigenvalue weighted by Gasteiger charge is -2.26. The fourth-order valence-corrected chi connectivity index (χ4v) is 1.36. The van der Waals surface area contributed by atoms with Crippen LogP contribution in [-0.2, 0) is 4.79 Å². The summed E-state index contributed by atoms with van der Waals surface area (Å²) in [7, 11) is 0. The lowest BCUT2D eigenvalue weighted by molar-refractivity contribution is -0.118. The van der Waals surface area contributed by atoms with Crippen LogP contribution < -0.4 is 5.32 Å². The molecule has 0 aliphatic rings. The Morgan fingerprint density at radius 2 is 2.28 bits per heavy atom. The Kier molecular flexibility index (Phi) is 5.04. The molecule has 0 fully saturated rings. The van der Waals surface area contributed by atoms with Gasteiger partial charge >= 0.3 is 0 Å². The van der Waals surface area contributed by atoms with Gasteiger partial charge in [0.1, 0.15) is 5.82 Å². The summed E-state index contributed by atoms with van der Waals surface area (Å²) < 4.78 is 12.9. The Morgan fingerprint density at radius 1 is 1.56 bits per heavy atom. The van der Waals surface area contributed by atoms with Crippen molar-refractivity contribution in [1.29, 1.82) is 0 Å². The van der Waals surface area contributed by atoms with E-state index in [1.807, 2.05) is 6.92 Å². The van der Waals surface area contributed by atoms with Gasteiger partial charge in [-0.15, -0.1) is 0 Å². The highest BCUT2D eigenvalue weighted by molar-refractivity contribution is 5.92. The minimum absolute atomic E-state index is 0.122. The third kappa shape index (κ3) is 4.30. The summed E-state index contributed by atoms with van der Waals surface area (Å²) in [6.07, 6.45) is 3.49. The summed E-state index contributed by atoms with van der Waals surface area (Å²) in [6.45, 7) is 3.52. The first-order valence-electron chi connectivity index (χ1n) is 5.86. The summed E-state index contributed by atoms with van der Waals surface area (Å²) in [4.78, 5) is 11.6. The molecule has 1 rings (SSSR count). The second-order valence-electron chi connectivity index (χ2n) is 4.45. The highest BCUT2D eigenvalue weighted by atomic mass is 19.1. The quantitative estimate of drug-likeness (QED) is 0.787. The molecule has 0 aliphatic heterocycles. The molecule has 4 heteroatoms. The number of aliphatic hydroxyl groups is 1. The van der Waals surface area contributed by atoms with Crippen molar-refractivity contribution in [3.63, 3.8) is 0 Å². The fourth-order valence-electron chi connectivity index (χ4n) is 1.36. The summed E-state index contributed by atoms with van der Waals surface area (Å²) in [5, 5.41) is 11.9. The van der Waals surface area contributed by atoms with Crippen LogP contribution in [0.1, 0.15) is 25.8 Å². The average Bonchev–Trinajstić information content (AvgIpc) is 2.36. The first-order chi connectivity index (χ1) is 8.49. The molecule has 1 amide bonds. The lowest BCUT2D eigenvalue weighted by Crippen LogP contribution is -2.47. The first kappa shape index (κ1) is 14.4. The van der Waals surface area contributed by atoms with Crippen LogP contribution in [0.25, 0.3) is 6.08 Å². The number of nitrogens with one attached hydrogen (secondary N) is 1. The van der Waals surface area contributed by atoms with Gasteiger partial charge in [0, 0.05) is 6.08 Å². The maximum atomic E-state index is 12.9. The summed E-state index contributed by atoms with van der Waals surface area (Å²) in [5.74, 6) is -0.649. The van der Waals surface area contributed by atoms with Crippen LogP contribution in [0.3, 0.4) is 0 Å². The zero-order valence-electron chi connectivity index (χ0n) is 10.6. The largest absolute Gasteiger partial charge is 0.394 e. The standard InChI is InChI=1S/C14H18FNO2/c1-3-14(2,10-17)16-13(18)8-7-11-5-4-6-12(15)9-11/h4-9,17H,3,10H2,1-2H3,(H,16,18). The molecule has 1 aromatic carbocycles. The minimum atomic E-state index is -0.622. The smallest absolute Gasteiger partial charge is 0.244 e. The van der Waals surface area contributed by atoms with Gasteiger partial charge in [-0.3, -0.25) is 4.79 Å². The van der Waals surface area contributed by atoms with Crippen LogP contribution in [-0.4, -0.2) is 23.2 Å². The third-order valence-corrected chi connectivity index (χ3v) is 2.83. The van der Waals surface area contributed by atoms with Crippen molar-refractivity contribution in [2.45, 2.75) is 25.8 Å². The van der Waals surface area contributed by atoms with Gasteiger partial charge in [0.05, 0.1) is 12.1 Å². The molecule has 0 saturated heterocycles. The molecule has 1 unspecified atom stereocenters. The van der Waals surface area contributed by atoms with E-state index in [-0.39, 0.29) is 18.3 Å². The normalized spacial score (nSPS) is 14.4. The van der Waals surface area contributed by atoms with Crippen molar-refractivity contribution in [3.05, 3.63) is 41.7 Å². The van der Waals surface area contributed by atoms with Gasteiger partial charge in [-0.1, -0.05) is 19.1 Å². The molecule has 2 N–H and O–H groups in total. The Morgan fingerprint density at radius 3 is 2.83 bits per heavy atom. The molecule has 0 spiro atoms. The Hall–Kier alpha value is -1.68. The molecular weight excluding hydrogens is 233 g/mol. The fraction of sp³-hybridized carbons (Fsp3) is 0.357. The van der Waals surface area contributed by atoms with Crippen molar-refractivity contribution < 1.29 is 14.3 Å². The Labute approximate surface area is 106 Å². The molecule has 0 heterocycles. The van der Waals surface area contributed by atoms with Crippen LogP contribution in [0, 0.1) is 5.82 Å². The van der Waals surface area contributed by atoms with Crippen molar-refractivity contribution >= 4 is 12.0 Å². The SMILES string of the molecule is CCC(C)(CO)NC(=O)C=Cc1cccc(F)c1. The van der Waals surface area contributed by atoms with E-state index in [0.717, 1.165) is 0 Å². The van der Waals surface area contributed by atoms with Crippen LogP contribution in [0.2, 0.25) is 0 Å². The van der Waals surface area contributed by atoms with Gasteiger partial charge in [0.15, 0.2) is 0 Å². The summed E-state index contributed by atoms with van der Waals surface area (Å²) in [5.41, 5.74) is -0.00375. The molecule has 1 aromatic rings. The maximum Gasteiger partial charge on any atom is 0.244 e. The Bertz CT molecular complexity index is 439. The monoisotopic (exact) mass is 251 g/mol. The number of halogens is 1. The van der Waals surface area contributed by atoms with E-state index in [9.17, 15) is 9.18 Å². The summed E-state index contributed by atoms with van der Waals surface area (Å²) >= 11 is 0. The molecule has 3 nitrogen and oxygen atoms in total. The maximum absolute atomic E-state index is 12.9. The van der Waals surface area contributed by atoms with Gasteiger partial charge in [0.2, 0.25) is 5.91 Å². The number of rotatable bonds is 5. The zero-order chi connectivity index (χ0) is 13.6. The predicted molar refractivity (Wildman–Crippen MR) is 69.4 cm³/mol. The van der Waals surface area contributed by atoms with Crippen LogP contribution in [0.15, 0.2) is 30.3 Å². The average molecular weight is 251 g/mol. The van der Waals surface area contributed by atoms with E-state index in [1.165, 1.54) is 24.3 Å². The molecule has 0 aromatic heterocycles. The van der Waals surface area contributed by atoms with Gasteiger partial charge in [-0.2, -0.15) is 0 Å². The van der Waals surface area contributed by atoms with Gasteiger partial charge in [-0.05, 0) is 37.1 Å². The van der Waals surface area contributed by atoms with E-state index < -0.39 is 5.54 Å². The lowest BCUT2D eigenvalue weighted by atomic mass is 10.0. The second kappa shape index (κ2) is 6.31. The molecule has 18 heavy (non-hydrogen) atoms. The van der Waals surface area contributed by atoms with E-state index in [1.54, 1.807) is 19.1 Å². The van der Waals surface area contributed by atoms with E-state index in [0.29, 0.717) is 12.0 Å². The second-order valence-corrected chi connectivity index (χ2v) is 4.45. The van der Waals surface area contributed by atoms with Crippen molar-refractivity contribution in [2.24, 2.45) is 0 Å². The van der Waals surface area contributed by atoms with E-state index >= 15 is 0 Å². The Balaban J connectivity index is 2.65. The van der Waals surface area contributed by atoms with E-state index in [4.69, 9.17) is 5.11 Å². The van der Waals surface area contributed by atoms with Gasteiger partial charge < -0.3 is 10.4 Å². The topological polar surface area (TPSA) is 49.3 Å². The number of carbonyl (C=O) groups is 1. The zero-order valence-corrected chi connectivity index (χ0v) is 10.6. The highest BCUT2D eigenvalue weighted by Gasteiger charge is 2.21. The number of benzene rings is 1. The highest BCUT2D eigenvalue weighted by Crippen LogP contribution is 2.08. The molecule has 0 aliphatic carbocycles. The molecule has 0 bridgehead atoms. The molecular formula is C14H18FNO2.